The lowest BCUT2D eigenvalue weighted by molar-refractivity contribution is -0.126. The number of thiazole rings is 1. The second-order valence-corrected chi connectivity index (χ2v) is 8.60. The van der Waals surface area contributed by atoms with Gasteiger partial charge in [-0.15, -0.1) is 11.3 Å². The Kier molecular flexibility index (Phi) is 5.37. The van der Waals surface area contributed by atoms with Crippen LogP contribution in [-0.2, 0) is 21.4 Å². The molecule has 1 aliphatic rings. The number of hydrogen-bond donors (Lipinski definition) is 2. The van der Waals surface area contributed by atoms with Gasteiger partial charge in [0.25, 0.3) is 0 Å². The van der Waals surface area contributed by atoms with Crippen molar-refractivity contribution < 1.29 is 23.1 Å². The molecule has 0 aliphatic carbocycles. The largest absolute Gasteiger partial charge is 0.476 e. The van der Waals surface area contributed by atoms with E-state index < -0.39 is 27.9 Å². The van der Waals surface area contributed by atoms with Gasteiger partial charge in [-0.2, -0.15) is 4.31 Å². The second-order valence-electron chi connectivity index (χ2n) is 5.62. The van der Waals surface area contributed by atoms with Crippen molar-refractivity contribution >= 4 is 33.2 Å². The Morgan fingerprint density at radius 1 is 1.48 bits per heavy atom. The lowest BCUT2D eigenvalue weighted by atomic mass is 10.0. The van der Waals surface area contributed by atoms with Gasteiger partial charge in [-0.25, -0.2) is 18.2 Å². The maximum Gasteiger partial charge on any atom is 0.355 e. The zero-order valence-corrected chi connectivity index (χ0v) is 14.5. The highest BCUT2D eigenvalue weighted by Crippen LogP contribution is 2.22. The van der Waals surface area contributed by atoms with E-state index in [0.717, 1.165) is 11.3 Å². The van der Waals surface area contributed by atoms with Gasteiger partial charge in [-0.3, -0.25) is 4.79 Å². The highest BCUT2D eigenvalue weighted by atomic mass is 32.2. The molecule has 1 unspecified atom stereocenters. The minimum absolute atomic E-state index is 0.0674. The maximum absolute atomic E-state index is 12.4. The molecule has 8 nitrogen and oxygen atoms in total. The molecular formula is C13H19N3O5S2. The van der Waals surface area contributed by atoms with Crippen molar-refractivity contribution in [3.05, 3.63) is 16.1 Å². The van der Waals surface area contributed by atoms with Gasteiger partial charge in [0.05, 0.1) is 12.3 Å². The topological polar surface area (TPSA) is 117 Å². The summed E-state index contributed by atoms with van der Waals surface area (Å²) >= 11 is 1.13. The molecule has 23 heavy (non-hydrogen) atoms. The Bertz CT molecular complexity index is 698. The Balaban J connectivity index is 2.05. The molecule has 1 fully saturated rings. The quantitative estimate of drug-likeness (QED) is 0.763. The molecule has 10 heteroatoms. The van der Waals surface area contributed by atoms with Crippen LogP contribution in [0.3, 0.4) is 0 Å². The molecule has 1 atom stereocenters. The summed E-state index contributed by atoms with van der Waals surface area (Å²) in [6.45, 7) is 4.01. The fraction of sp³-hybridized carbons (Fsp3) is 0.615. The predicted octanol–water partition coefficient (Wildman–Crippen LogP) is 0.518. The van der Waals surface area contributed by atoms with Gasteiger partial charge >= 0.3 is 5.97 Å². The fourth-order valence-electron chi connectivity index (χ4n) is 2.49. The number of carboxylic acid groups (broad SMARTS) is 1. The fourth-order valence-corrected chi connectivity index (χ4v) is 5.02. The van der Waals surface area contributed by atoms with E-state index in [2.05, 4.69) is 10.3 Å². The lowest BCUT2D eigenvalue weighted by Gasteiger charge is -2.28. The number of carboxylic acids is 1. The first kappa shape index (κ1) is 17.8. The zero-order chi connectivity index (χ0) is 17.2. The first-order chi connectivity index (χ1) is 10.7. The highest BCUT2D eigenvalue weighted by molar-refractivity contribution is 7.89. The van der Waals surface area contributed by atoms with Gasteiger partial charge in [-0.1, -0.05) is 13.8 Å². The van der Waals surface area contributed by atoms with Crippen molar-refractivity contribution in [1.82, 2.24) is 14.6 Å². The Morgan fingerprint density at radius 3 is 2.65 bits per heavy atom. The van der Waals surface area contributed by atoms with Gasteiger partial charge in [0.1, 0.15) is 11.0 Å². The Labute approximate surface area is 138 Å². The van der Waals surface area contributed by atoms with Crippen molar-refractivity contribution in [3.8, 4) is 0 Å². The molecule has 128 valence electrons. The van der Waals surface area contributed by atoms with Crippen LogP contribution in [0.25, 0.3) is 0 Å². The van der Waals surface area contributed by atoms with Crippen LogP contribution in [0, 0.1) is 5.92 Å². The van der Waals surface area contributed by atoms with Gasteiger partial charge in [-0.05, 0) is 12.3 Å². The number of amides is 1. The number of nitrogens with one attached hydrogen (secondary N) is 1. The predicted molar refractivity (Wildman–Crippen MR) is 84.7 cm³/mol. The number of hydrogen-bond acceptors (Lipinski definition) is 6. The minimum Gasteiger partial charge on any atom is -0.476 e. The van der Waals surface area contributed by atoms with E-state index in [-0.39, 0.29) is 23.9 Å². The van der Waals surface area contributed by atoms with Gasteiger partial charge in [0, 0.05) is 11.9 Å². The molecular weight excluding hydrogens is 342 g/mol. The first-order valence-corrected chi connectivity index (χ1v) is 9.66. The van der Waals surface area contributed by atoms with Crippen LogP contribution in [0.4, 0.5) is 0 Å². The molecule has 1 saturated heterocycles. The standard InChI is InChI=1S/C13H19N3O5S2/c1-8(2)11(16-4-3-5-23(16,20)21)12(17)14-6-10-15-9(7-22-10)13(18)19/h7-8,11H,3-6H2,1-2H3,(H,14,17)(H,18,19). The van der Waals surface area contributed by atoms with E-state index in [1.54, 1.807) is 13.8 Å². The van der Waals surface area contributed by atoms with Crippen LogP contribution in [0.2, 0.25) is 0 Å². The average Bonchev–Trinajstić information content (AvgIpc) is 3.04. The summed E-state index contributed by atoms with van der Waals surface area (Å²) in [5.74, 6) is -1.62. The van der Waals surface area contributed by atoms with Gasteiger partial charge in [0.2, 0.25) is 15.9 Å². The van der Waals surface area contributed by atoms with E-state index in [9.17, 15) is 18.0 Å². The summed E-state index contributed by atoms with van der Waals surface area (Å²) in [6, 6.07) is -0.763. The first-order valence-electron chi connectivity index (χ1n) is 7.17. The number of carbonyl (C=O) groups is 2. The minimum atomic E-state index is -3.38. The number of nitrogens with zero attached hydrogens (tertiary/aromatic N) is 2. The van der Waals surface area contributed by atoms with E-state index in [0.29, 0.717) is 18.0 Å². The van der Waals surface area contributed by atoms with E-state index >= 15 is 0 Å². The third-order valence-electron chi connectivity index (χ3n) is 3.53. The summed E-state index contributed by atoms with van der Waals surface area (Å²) in [7, 11) is -3.38. The smallest absolute Gasteiger partial charge is 0.355 e. The third kappa shape index (κ3) is 4.06. The summed E-state index contributed by atoms with van der Waals surface area (Å²) in [5, 5.41) is 13.3. The van der Waals surface area contributed by atoms with Crippen LogP contribution < -0.4 is 5.32 Å². The average molecular weight is 361 g/mol. The van der Waals surface area contributed by atoms with Crippen molar-refractivity contribution in [2.75, 3.05) is 12.3 Å². The molecule has 2 rings (SSSR count). The van der Waals surface area contributed by atoms with Crippen LogP contribution in [0.1, 0.15) is 35.8 Å². The molecule has 0 saturated carbocycles. The molecule has 1 aromatic heterocycles. The van der Waals surface area contributed by atoms with Gasteiger partial charge in [0.15, 0.2) is 5.69 Å². The molecule has 1 aliphatic heterocycles. The molecule has 0 radical (unpaired) electrons. The monoisotopic (exact) mass is 361 g/mol. The summed E-state index contributed by atoms with van der Waals surface area (Å²) in [6.07, 6.45) is 0.521. The highest BCUT2D eigenvalue weighted by Gasteiger charge is 2.39. The van der Waals surface area contributed by atoms with Crippen LogP contribution in [0.15, 0.2) is 5.38 Å². The zero-order valence-electron chi connectivity index (χ0n) is 12.9. The molecule has 1 amide bonds. The number of aromatic carboxylic acids is 1. The number of sulfonamides is 1. The SMILES string of the molecule is CC(C)C(C(=O)NCc1nc(C(=O)O)cs1)N1CCCS1(=O)=O. The van der Waals surface area contributed by atoms with Crippen LogP contribution >= 0.6 is 11.3 Å². The van der Waals surface area contributed by atoms with Crippen LogP contribution in [0.5, 0.6) is 0 Å². The number of carbonyl (C=O) groups excluding carboxylic acids is 1. The van der Waals surface area contributed by atoms with Crippen molar-refractivity contribution in [2.45, 2.75) is 32.9 Å². The van der Waals surface area contributed by atoms with Crippen molar-refractivity contribution in [2.24, 2.45) is 5.92 Å². The van der Waals surface area contributed by atoms with Crippen molar-refractivity contribution in [3.63, 3.8) is 0 Å². The van der Waals surface area contributed by atoms with E-state index in [4.69, 9.17) is 5.11 Å². The number of rotatable bonds is 6. The Morgan fingerprint density at radius 2 is 2.17 bits per heavy atom. The molecule has 2 N–H and O–H groups in total. The Hall–Kier alpha value is -1.52. The van der Waals surface area contributed by atoms with Crippen LogP contribution in [-0.4, -0.2) is 53.0 Å². The second kappa shape index (κ2) is 6.93. The lowest BCUT2D eigenvalue weighted by Crippen LogP contribution is -2.50. The van der Waals surface area contributed by atoms with Gasteiger partial charge < -0.3 is 10.4 Å². The summed E-state index contributed by atoms with van der Waals surface area (Å²) in [4.78, 5) is 27.1. The molecule has 2 heterocycles. The molecule has 0 spiro atoms. The third-order valence-corrected chi connectivity index (χ3v) is 6.31. The van der Waals surface area contributed by atoms with E-state index in [1.807, 2.05) is 0 Å². The normalized spacial score (nSPS) is 18.9. The molecule has 0 bridgehead atoms. The summed E-state index contributed by atoms with van der Waals surface area (Å²) < 4.78 is 25.3. The van der Waals surface area contributed by atoms with E-state index in [1.165, 1.54) is 9.69 Å². The summed E-state index contributed by atoms with van der Waals surface area (Å²) in [5.41, 5.74) is -0.0678. The molecule has 1 aromatic rings. The molecule has 0 aromatic carbocycles. The number of aromatic nitrogens is 1. The van der Waals surface area contributed by atoms with Crippen molar-refractivity contribution in [1.29, 1.82) is 0 Å². The maximum atomic E-state index is 12.4.